The summed E-state index contributed by atoms with van der Waals surface area (Å²) >= 11 is 3.87. The molecule has 0 spiro atoms. The van der Waals surface area contributed by atoms with E-state index in [9.17, 15) is 9.59 Å². The minimum atomic E-state index is -1.04. The van der Waals surface area contributed by atoms with Crippen molar-refractivity contribution in [3.8, 4) is 0 Å². The summed E-state index contributed by atoms with van der Waals surface area (Å²) < 4.78 is 0. The third-order valence-electron chi connectivity index (χ3n) is 2.31. The summed E-state index contributed by atoms with van der Waals surface area (Å²) in [6.45, 7) is 3.64. The molecular weight excluding hydrogens is 216 g/mol. The summed E-state index contributed by atoms with van der Waals surface area (Å²) in [5.74, 6) is -1.45. The number of thiol groups is 1. The third kappa shape index (κ3) is 4.53. The molecule has 0 bridgehead atoms. The fourth-order valence-corrected chi connectivity index (χ4v) is 1.19. The van der Waals surface area contributed by atoms with Gasteiger partial charge >= 0.3 is 5.97 Å². The molecule has 0 fully saturated rings. The molecule has 0 aromatic rings. The molecule has 0 heterocycles. The molecule has 0 saturated carbocycles. The van der Waals surface area contributed by atoms with E-state index in [0.717, 1.165) is 0 Å². The number of carbonyl (C=O) groups excluding carboxylic acids is 1. The number of hydrogen-bond acceptors (Lipinski definition) is 4. The molecule has 15 heavy (non-hydrogen) atoms. The molecule has 0 aliphatic rings. The van der Waals surface area contributed by atoms with Crippen LogP contribution in [0.4, 0.5) is 0 Å². The van der Waals surface area contributed by atoms with Gasteiger partial charge in [-0.05, 0) is 5.92 Å². The minimum absolute atomic E-state index is 0.126. The summed E-state index contributed by atoms with van der Waals surface area (Å²) in [5, 5.41) is 11.3. The van der Waals surface area contributed by atoms with Gasteiger partial charge in [0, 0.05) is 5.75 Å². The van der Waals surface area contributed by atoms with Crippen LogP contribution in [0.3, 0.4) is 0 Å². The first-order valence-corrected chi connectivity index (χ1v) is 5.46. The van der Waals surface area contributed by atoms with Gasteiger partial charge in [0.2, 0.25) is 5.91 Å². The highest BCUT2D eigenvalue weighted by molar-refractivity contribution is 7.80. The molecule has 3 unspecified atom stereocenters. The Labute approximate surface area is 94.8 Å². The SMILES string of the molecule is CCC(C)C(NC(=O)C(N)CS)C(=O)O. The Morgan fingerprint density at radius 1 is 1.53 bits per heavy atom. The molecule has 0 aromatic heterocycles. The lowest BCUT2D eigenvalue weighted by Gasteiger charge is -2.21. The van der Waals surface area contributed by atoms with Crippen LogP contribution in [0.1, 0.15) is 20.3 Å². The largest absolute Gasteiger partial charge is 0.480 e. The average molecular weight is 234 g/mol. The maximum absolute atomic E-state index is 11.4. The Morgan fingerprint density at radius 2 is 2.07 bits per heavy atom. The van der Waals surface area contributed by atoms with Gasteiger partial charge in [-0.2, -0.15) is 12.6 Å². The van der Waals surface area contributed by atoms with Crippen LogP contribution >= 0.6 is 12.6 Å². The number of hydrogen-bond donors (Lipinski definition) is 4. The quantitative estimate of drug-likeness (QED) is 0.481. The molecule has 3 atom stereocenters. The number of nitrogens with two attached hydrogens (primary N) is 1. The van der Waals surface area contributed by atoms with Gasteiger partial charge in [-0.15, -0.1) is 0 Å². The third-order valence-corrected chi connectivity index (χ3v) is 2.70. The fourth-order valence-electron chi connectivity index (χ4n) is 1.03. The molecule has 0 aromatic carbocycles. The van der Waals surface area contributed by atoms with Crippen molar-refractivity contribution in [2.75, 3.05) is 5.75 Å². The maximum atomic E-state index is 11.4. The van der Waals surface area contributed by atoms with Crippen molar-refractivity contribution in [3.05, 3.63) is 0 Å². The average Bonchev–Trinajstić information content (AvgIpc) is 2.22. The lowest BCUT2D eigenvalue weighted by atomic mass is 9.99. The van der Waals surface area contributed by atoms with E-state index in [0.29, 0.717) is 6.42 Å². The number of carbonyl (C=O) groups is 2. The summed E-state index contributed by atoms with van der Waals surface area (Å²) in [6, 6.07) is -1.65. The van der Waals surface area contributed by atoms with Gasteiger partial charge in [0.25, 0.3) is 0 Å². The molecule has 1 amide bonds. The van der Waals surface area contributed by atoms with Crippen molar-refractivity contribution >= 4 is 24.5 Å². The van der Waals surface area contributed by atoms with E-state index in [1.54, 1.807) is 6.92 Å². The summed E-state index contributed by atoms with van der Waals surface area (Å²) in [6.07, 6.45) is 0.674. The normalized spacial score (nSPS) is 16.5. The molecule has 88 valence electrons. The monoisotopic (exact) mass is 234 g/mol. The van der Waals surface area contributed by atoms with Crippen LogP contribution in [-0.4, -0.2) is 34.8 Å². The Hall–Kier alpha value is -0.750. The molecule has 0 aliphatic carbocycles. The van der Waals surface area contributed by atoms with Crippen LogP contribution in [-0.2, 0) is 9.59 Å². The Bertz CT molecular complexity index is 235. The van der Waals surface area contributed by atoms with Crippen LogP contribution in [0, 0.1) is 5.92 Å². The first kappa shape index (κ1) is 14.2. The van der Waals surface area contributed by atoms with Gasteiger partial charge in [-0.3, -0.25) is 4.79 Å². The van der Waals surface area contributed by atoms with E-state index in [1.807, 2.05) is 6.92 Å². The molecule has 6 heteroatoms. The predicted molar refractivity (Wildman–Crippen MR) is 60.8 cm³/mol. The van der Waals surface area contributed by atoms with Gasteiger partial charge in [0.15, 0.2) is 0 Å². The number of aliphatic carboxylic acids is 1. The molecular formula is C9H18N2O3S. The second-order valence-corrected chi connectivity index (χ2v) is 3.86. The molecule has 0 radical (unpaired) electrons. The lowest BCUT2D eigenvalue weighted by Crippen LogP contribution is -2.51. The van der Waals surface area contributed by atoms with Crippen LogP contribution in [0.2, 0.25) is 0 Å². The number of nitrogens with one attached hydrogen (secondary N) is 1. The zero-order chi connectivity index (χ0) is 12.0. The number of carboxylic acid groups (broad SMARTS) is 1. The highest BCUT2D eigenvalue weighted by atomic mass is 32.1. The van der Waals surface area contributed by atoms with Crippen LogP contribution in [0.25, 0.3) is 0 Å². The van der Waals surface area contributed by atoms with Crippen LogP contribution in [0.15, 0.2) is 0 Å². The first-order valence-electron chi connectivity index (χ1n) is 4.83. The predicted octanol–water partition coefficient (Wildman–Crippen LogP) is -0.141. The summed E-state index contributed by atoms with van der Waals surface area (Å²) in [5.41, 5.74) is 5.43. The fraction of sp³-hybridized carbons (Fsp3) is 0.778. The zero-order valence-electron chi connectivity index (χ0n) is 8.93. The molecule has 5 nitrogen and oxygen atoms in total. The highest BCUT2D eigenvalue weighted by Gasteiger charge is 2.26. The summed E-state index contributed by atoms with van der Waals surface area (Å²) in [7, 11) is 0. The lowest BCUT2D eigenvalue weighted by molar-refractivity contribution is -0.143. The standard InChI is InChI=1S/C9H18N2O3S/c1-3-5(2)7(9(13)14)11-8(12)6(10)4-15/h5-7,15H,3-4,10H2,1-2H3,(H,11,12)(H,13,14). The second kappa shape index (κ2) is 6.68. The van der Waals surface area contributed by atoms with Crippen molar-refractivity contribution in [2.24, 2.45) is 11.7 Å². The Balaban J connectivity index is 4.42. The van der Waals surface area contributed by atoms with Gasteiger partial charge in [-0.25, -0.2) is 4.79 Å². The van der Waals surface area contributed by atoms with Gasteiger partial charge in [0.1, 0.15) is 6.04 Å². The first-order chi connectivity index (χ1) is 6.93. The van der Waals surface area contributed by atoms with E-state index >= 15 is 0 Å². The van der Waals surface area contributed by atoms with Gasteiger partial charge in [0.05, 0.1) is 6.04 Å². The van der Waals surface area contributed by atoms with Gasteiger partial charge < -0.3 is 16.2 Å². The summed E-state index contributed by atoms with van der Waals surface area (Å²) in [4.78, 5) is 22.2. The van der Waals surface area contributed by atoms with E-state index in [4.69, 9.17) is 10.8 Å². The molecule has 0 aliphatic heterocycles. The van der Waals surface area contributed by atoms with Crippen molar-refractivity contribution in [2.45, 2.75) is 32.4 Å². The van der Waals surface area contributed by atoms with E-state index in [2.05, 4.69) is 17.9 Å². The van der Waals surface area contributed by atoms with Crippen molar-refractivity contribution in [1.29, 1.82) is 0 Å². The number of amides is 1. The maximum Gasteiger partial charge on any atom is 0.326 e. The minimum Gasteiger partial charge on any atom is -0.480 e. The van der Waals surface area contributed by atoms with Crippen molar-refractivity contribution in [3.63, 3.8) is 0 Å². The Morgan fingerprint density at radius 3 is 2.40 bits per heavy atom. The van der Waals surface area contributed by atoms with Crippen LogP contribution < -0.4 is 11.1 Å². The molecule has 0 saturated heterocycles. The van der Waals surface area contributed by atoms with E-state index < -0.39 is 24.0 Å². The number of rotatable bonds is 6. The smallest absolute Gasteiger partial charge is 0.326 e. The molecule has 4 N–H and O–H groups in total. The number of carboxylic acids is 1. The van der Waals surface area contributed by atoms with E-state index in [-0.39, 0.29) is 11.7 Å². The van der Waals surface area contributed by atoms with Crippen LogP contribution in [0.5, 0.6) is 0 Å². The molecule has 0 rings (SSSR count). The Kier molecular flexibility index (Phi) is 6.35. The van der Waals surface area contributed by atoms with Crippen molar-refractivity contribution in [1.82, 2.24) is 5.32 Å². The zero-order valence-corrected chi connectivity index (χ0v) is 9.83. The van der Waals surface area contributed by atoms with E-state index in [1.165, 1.54) is 0 Å². The van der Waals surface area contributed by atoms with Crippen molar-refractivity contribution < 1.29 is 14.7 Å². The topological polar surface area (TPSA) is 92.4 Å². The van der Waals surface area contributed by atoms with Gasteiger partial charge in [-0.1, -0.05) is 20.3 Å². The second-order valence-electron chi connectivity index (χ2n) is 3.50. The highest BCUT2D eigenvalue weighted by Crippen LogP contribution is 2.08.